The Hall–Kier alpha value is -1.21. The standard InChI is InChI=1S/C10H9ClF2N2/c1-2-3-10(12,13)7-4-8(11)9(5-14)15-6-7/h4,6H,2-3H2,1H3. The summed E-state index contributed by atoms with van der Waals surface area (Å²) in [6.45, 7) is 1.67. The Labute approximate surface area is 91.5 Å². The number of rotatable bonds is 3. The number of halogens is 3. The predicted octanol–water partition coefficient (Wildman–Crippen LogP) is 3.50. The fourth-order valence-corrected chi connectivity index (χ4v) is 1.39. The van der Waals surface area contributed by atoms with Gasteiger partial charge in [0.15, 0.2) is 5.69 Å². The maximum absolute atomic E-state index is 13.4. The summed E-state index contributed by atoms with van der Waals surface area (Å²) in [7, 11) is 0. The van der Waals surface area contributed by atoms with Gasteiger partial charge in [0.1, 0.15) is 6.07 Å². The molecule has 0 spiro atoms. The molecular weight excluding hydrogens is 222 g/mol. The highest BCUT2D eigenvalue weighted by atomic mass is 35.5. The van der Waals surface area contributed by atoms with Crippen molar-refractivity contribution < 1.29 is 8.78 Å². The van der Waals surface area contributed by atoms with Crippen molar-refractivity contribution in [1.82, 2.24) is 4.98 Å². The monoisotopic (exact) mass is 230 g/mol. The summed E-state index contributed by atoms with van der Waals surface area (Å²) in [6, 6.07) is 2.82. The van der Waals surface area contributed by atoms with E-state index in [1.807, 2.05) is 0 Å². The van der Waals surface area contributed by atoms with E-state index in [0.29, 0.717) is 6.42 Å². The Morgan fingerprint density at radius 2 is 2.27 bits per heavy atom. The van der Waals surface area contributed by atoms with E-state index in [1.54, 1.807) is 13.0 Å². The van der Waals surface area contributed by atoms with Crippen LogP contribution in [0.5, 0.6) is 0 Å². The molecule has 1 heterocycles. The minimum absolute atomic E-state index is 0.0345. The summed E-state index contributed by atoms with van der Waals surface area (Å²) in [5.74, 6) is -2.93. The molecule has 0 unspecified atom stereocenters. The Bertz CT molecular complexity index is 399. The van der Waals surface area contributed by atoms with Gasteiger partial charge in [0, 0.05) is 18.2 Å². The zero-order chi connectivity index (χ0) is 11.5. The van der Waals surface area contributed by atoms with Crippen LogP contribution in [-0.2, 0) is 5.92 Å². The number of pyridine rings is 1. The van der Waals surface area contributed by atoms with Crippen molar-refractivity contribution in [2.75, 3.05) is 0 Å². The quantitative estimate of drug-likeness (QED) is 0.797. The van der Waals surface area contributed by atoms with Crippen molar-refractivity contribution in [1.29, 1.82) is 5.26 Å². The van der Waals surface area contributed by atoms with Crippen molar-refractivity contribution >= 4 is 11.6 Å². The number of nitrogens with zero attached hydrogens (tertiary/aromatic N) is 2. The molecule has 1 aromatic heterocycles. The lowest BCUT2D eigenvalue weighted by Crippen LogP contribution is -2.13. The number of nitriles is 1. The summed E-state index contributed by atoms with van der Waals surface area (Å²) in [6.07, 6.45) is 1.11. The molecule has 1 aromatic rings. The van der Waals surface area contributed by atoms with Crippen LogP contribution in [0.25, 0.3) is 0 Å². The topological polar surface area (TPSA) is 36.7 Å². The molecule has 5 heteroatoms. The van der Waals surface area contributed by atoms with Gasteiger partial charge in [0.2, 0.25) is 0 Å². The Balaban J connectivity index is 3.08. The van der Waals surface area contributed by atoms with Gasteiger partial charge in [-0.05, 0) is 6.07 Å². The highest BCUT2D eigenvalue weighted by molar-refractivity contribution is 6.31. The second-order valence-corrected chi connectivity index (χ2v) is 3.53. The van der Waals surface area contributed by atoms with Gasteiger partial charge >= 0.3 is 0 Å². The van der Waals surface area contributed by atoms with Gasteiger partial charge in [-0.2, -0.15) is 5.26 Å². The van der Waals surface area contributed by atoms with E-state index in [4.69, 9.17) is 16.9 Å². The smallest absolute Gasteiger partial charge is 0.243 e. The maximum atomic E-state index is 13.4. The van der Waals surface area contributed by atoms with Crippen molar-refractivity contribution in [3.8, 4) is 6.07 Å². The highest BCUT2D eigenvalue weighted by Gasteiger charge is 2.31. The van der Waals surface area contributed by atoms with E-state index < -0.39 is 5.92 Å². The number of aromatic nitrogens is 1. The van der Waals surface area contributed by atoms with Gasteiger partial charge in [-0.3, -0.25) is 0 Å². The lowest BCUT2D eigenvalue weighted by atomic mass is 10.1. The van der Waals surface area contributed by atoms with Crippen LogP contribution in [0, 0.1) is 11.3 Å². The zero-order valence-electron chi connectivity index (χ0n) is 8.10. The number of hydrogen-bond acceptors (Lipinski definition) is 2. The minimum Gasteiger partial charge on any atom is -0.243 e. The van der Waals surface area contributed by atoms with Crippen molar-refractivity contribution in [3.63, 3.8) is 0 Å². The molecule has 0 aromatic carbocycles. The molecular formula is C10H9ClF2N2. The van der Waals surface area contributed by atoms with E-state index in [1.165, 1.54) is 0 Å². The molecule has 0 aliphatic carbocycles. The Morgan fingerprint density at radius 1 is 1.60 bits per heavy atom. The van der Waals surface area contributed by atoms with Crippen molar-refractivity contribution in [2.45, 2.75) is 25.7 Å². The largest absolute Gasteiger partial charge is 0.274 e. The SMILES string of the molecule is CCCC(F)(F)c1cnc(C#N)c(Cl)c1. The molecule has 0 aliphatic heterocycles. The molecule has 0 fully saturated rings. The van der Waals surface area contributed by atoms with Crippen LogP contribution in [0.1, 0.15) is 31.0 Å². The molecule has 0 N–H and O–H groups in total. The molecule has 0 atom stereocenters. The third kappa shape index (κ3) is 2.63. The molecule has 0 aliphatic rings. The Morgan fingerprint density at radius 3 is 2.73 bits per heavy atom. The summed E-state index contributed by atoms with van der Waals surface area (Å²) in [5.41, 5.74) is -0.277. The van der Waals surface area contributed by atoms with Crippen molar-refractivity contribution in [2.24, 2.45) is 0 Å². The summed E-state index contributed by atoms with van der Waals surface area (Å²) < 4.78 is 26.8. The van der Waals surface area contributed by atoms with Crippen molar-refractivity contribution in [3.05, 3.63) is 28.5 Å². The molecule has 80 valence electrons. The first-order valence-corrected chi connectivity index (χ1v) is 4.83. The number of alkyl halides is 2. The van der Waals surface area contributed by atoms with E-state index in [-0.39, 0.29) is 22.7 Å². The summed E-state index contributed by atoms with van der Waals surface area (Å²) >= 11 is 5.62. The first-order valence-electron chi connectivity index (χ1n) is 4.45. The maximum Gasteiger partial charge on any atom is 0.274 e. The summed E-state index contributed by atoms with van der Waals surface area (Å²) in [5, 5.41) is 8.49. The molecule has 2 nitrogen and oxygen atoms in total. The Kier molecular flexibility index (Phi) is 3.59. The van der Waals surface area contributed by atoms with Gasteiger partial charge in [0.25, 0.3) is 5.92 Å². The van der Waals surface area contributed by atoms with Crippen LogP contribution >= 0.6 is 11.6 Å². The van der Waals surface area contributed by atoms with Gasteiger partial charge in [-0.25, -0.2) is 13.8 Å². The van der Waals surface area contributed by atoms with E-state index in [2.05, 4.69) is 4.98 Å². The van der Waals surface area contributed by atoms with E-state index in [0.717, 1.165) is 12.3 Å². The van der Waals surface area contributed by atoms with Gasteiger partial charge in [-0.1, -0.05) is 24.9 Å². The fourth-order valence-electron chi connectivity index (χ4n) is 1.18. The molecule has 0 saturated carbocycles. The lowest BCUT2D eigenvalue weighted by molar-refractivity contribution is -0.0143. The third-order valence-electron chi connectivity index (χ3n) is 1.93. The molecule has 0 radical (unpaired) electrons. The normalized spacial score (nSPS) is 11.1. The average molecular weight is 231 g/mol. The highest BCUT2D eigenvalue weighted by Crippen LogP contribution is 2.33. The van der Waals surface area contributed by atoms with Crippen LogP contribution in [0.15, 0.2) is 12.3 Å². The van der Waals surface area contributed by atoms with Crippen LogP contribution in [0.2, 0.25) is 5.02 Å². The second-order valence-electron chi connectivity index (χ2n) is 3.12. The lowest BCUT2D eigenvalue weighted by Gasteiger charge is -2.15. The van der Waals surface area contributed by atoms with Crippen LogP contribution < -0.4 is 0 Å². The first-order chi connectivity index (χ1) is 7.01. The van der Waals surface area contributed by atoms with Crippen LogP contribution in [-0.4, -0.2) is 4.98 Å². The first kappa shape index (κ1) is 11.9. The zero-order valence-corrected chi connectivity index (χ0v) is 8.85. The average Bonchev–Trinajstić information content (AvgIpc) is 2.17. The molecule has 0 saturated heterocycles. The van der Waals surface area contributed by atoms with Gasteiger partial charge in [-0.15, -0.1) is 0 Å². The molecule has 1 rings (SSSR count). The molecule has 0 amide bonds. The predicted molar refractivity (Wildman–Crippen MR) is 52.8 cm³/mol. The van der Waals surface area contributed by atoms with Gasteiger partial charge in [0.05, 0.1) is 5.02 Å². The van der Waals surface area contributed by atoms with E-state index in [9.17, 15) is 8.78 Å². The second kappa shape index (κ2) is 4.54. The van der Waals surface area contributed by atoms with Crippen LogP contribution in [0.4, 0.5) is 8.78 Å². The summed E-state index contributed by atoms with van der Waals surface area (Å²) in [4.78, 5) is 3.57. The molecule has 0 bridgehead atoms. The fraction of sp³-hybridized carbons (Fsp3) is 0.400. The van der Waals surface area contributed by atoms with Crippen LogP contribution in [0.3, 0.4) is 0 Å². The number of hydrogen-bond donors (Lipinski definition) is 0. The third-order valence-corrected chi connectivity index (χ3v) is 2.22. The molecule has 15 heavy (non-hydrogen) atoms. The van der Waals surface area contributed by atoms with E-state index >= 15 is 0 Å². The minimum atomic E-state index is -2.93. The van der Waals surface area contributed by atoms with Gasteiger partial charge < -0.3 is 0 Å².